The molecule has 0 unspecified atom stereocenters. The monoisotopic (exact) mass is 306 g/mol. The van der Waals surface area contributed by atoms with Gasteiger partial charge in [-0.2, -0.15) is 5.21 Å². The summed E-state index contributed by atoms with van der Waals surface area (Å²) in [5.74, 6) is -0.492. The molecule has 0 saturated carbocycles. The van der Waals surface area contributed by atoms with Crippen LogP contribution in [0.4, 0.5) is 10.1 Å². The standard InChI is InChI=1S/C14H19FN6O/c1-9(13-16-18-19-17-13)8-21(4)14(22)11-6-5-10(20(2)3)7-12(11)15/h5-7,9H,8H2,1-4H3,(H,16,17,18,19)/t9-/m1/s1. The number of halogens is 1. The van der Waals surface area contributed by atoms with E-state index in [1.807, 2.05) is 21.0 Å². The molecular weight excluding hydrogens is 287 g/mol. The number of carbonyl (C=O) groups is 1. The minimum absolute atomic E-state index is 0.0495. The van der Waals surface area contributed by atoms with Crippen molar-refractivity contribution in [2.24, 2.45) is 0 Å². The topological polar surface area (TPSA) is 78.0 Å². The number of amides is 1. The van der Waals surface area contributed by atoms with Gasteiger partial charge in [-0.15, -0.1) is 10.2 Å². The van der Waals surface area contributed by atoms with E-state index in [1.54, 1.807) is 18.0 Å². The number of aromatic nitrogens is 4. The molecule has 2 rings (SSSR count). The number of nitrogens with one attached hydrogen (secondary N) is 1. The van der Waals surface area contributed by atoms with Crippen molar-refractivity contribution in [2.45, 2.75) is 12.8 Å². The Morgan fingerprint density at radius 2 is 2.09 bits per heavy atom. The van der Waals surface area contributed by atoms with Gasteiger partial charge in [0, 0.05) is 39.3 Å². The molecular formula is C14H19FN6O. The van der Waals surface area contributed by atoms with Crippen molar-refractivity contribution < 1.29 is 9.18 Å². The van der Waals surface area contributed by atoms with Gasteiger partial charge in [0.05, 0.1) is 5.56 Å². The van der Waals surface area contributed by atoms with Gasteiger partial charge in [0.25, 0.3) is 5.91 Å². The fourth-order valence-electron chi connectivity index (χ4n) is 2.11. The average Bonchev–Trinajstić information content (AvgIpc) is 3.00. The van der Waals surface area contributed by atoms with E-state index in [1.165, 1.54) is 17.0 Å². The molecule has 118 valence electrons. The van der Waals surface area contributed by atoms with Crippen molar-refractivity contribution in [3.63, 3.8) is 0 Å². The number of likely N-dealkylation sites (N-methyl/N-ethyl adjacent to an activating group) is 1. The number of anilines is 1. The number of benzene rings is 1. The summed E-state index contributed by atoms with van der Waals surface area (Å²) in [5.41, 5.74) is 0.755. The Labute approximate surface area is 128 Å². The molecule has 0 radical (unpaired) electrons. The normalized spacial score (nSPS) is 12.0. The average molecular weight is 306 g/mol. The maximum Gasteiger partial charge on any atom is 0.256 e. The van der Waals surface area contributed by atoms with E-state index in [2.05, 4.69) is 20.6 Å². The van der Waals surface area contributed by atoms with Crippen LogP contribution in [-0.2, 0) is 0 Å². The van der Waals surface area contributed by atoms with Gasteiger partial charge in [-0.3, -0.25) is 4.79 Å². The maximum absolute atomic E-state index is 14.1. The first kappa shape index (κ1) is 15.9. The number of rotatable bonds is 5. The zero-order valence-electron chi connectivity index (χ0n) is 13.0. The molecule has 0 saturated heterocycles. The Hall–Kier alpha value is -2.51. The van der Waals surface area contributed by atoms with Crippen LogP contribution in [0, 0.1) is 5.82 Å². The smallest absolute Gasteiger partial charge is 0.256 e. The van der Waals surface area contributed by atoms with Crippen molar-refractivity contribution in [2.75, 3.05) is 32.6 Å². The number of carbonyl (C=O) groups excluding carboxylic acids is 1. The Morgan fingerprint density at radius 1 is 1.36 bits per heavy atom. The zero-order chi connectivity index (χ0) is 16.3. The van der Waals surface area contributed by atoms with Crippen LogP contribution >= 0.6 is 0 Å². The highest BCUT2D eigenvalue weighted by Crippen LogP contribution is 2.19. The fourth-order valence-corrected chi connectivity index (χ4v) is 2.11. The number of aromatic amines is 1. The van der Waals surface area contributed by atoms with Crippen molar-refractivity contribution in [3.8, 4) is 0 Å². The van der Waals surface area contributed by atoms with Gasteiger partial charge in [0.1, 0.15) is 5.82 Å². The highest BCUT2D eigenvalue weighted by Gasteiger charge is 2.20. The minimum Gasteiger partial charge on any atom is -0.378 e. The van der Waals surface area contributed by atoms with Crippen molar-refractivity contribution >= 4 is 11.6 Å². The molecule has 0 bridgehead atoms. The van der Waals surface area contributed by atoms with Gasteiger partial charge >= 0.3 is 0 Å². The van der Waals surface area contributed by atoms with E-state index >= 15 is 0 Å². The van der Waals surface area contributed by atoms with Gasteiger partial charge in [-0.05, 0) is 18.2 Å². The number of nitrogens with zero attached hydrogens (tertiary/aromatic N) is 5. The third-order valence-corrected chi connectivity index (χ3v) is 3.40. The first-order valence-corrected chi connectivity index (χ1v) is 6.85. The second-order valence-corrected chi connectivity index (χ2v) is 5.42. The molecule has 7 nitrogen and oxygen atoms in total. The van der Waals surface area contributed by atoms with Crippen LogP contribution in [-0.4, -0.2) is 59.1 Å². The van der Waals surface area contributed by atoms with Crippen LogP contribution in [0.1, 0.15) is 29.0 Å². The Morgan fingerprint density at radius 3 is 2.64 bits per heavy atom. The molecule has 1 atom stereocenters. The Bertz CT molecular complexity index is 643. The number of hydrogen-bond donors (Lipinski definition) is 1. The van der Waals surface area contributed by atoms with Gasteiger partial charge in [-0.25, -0.2) is 4.39 Å². The molecule has 0 aliphatic carbocycles. The highest BCUT2D eigenvalue weighted by molar-refractivity contribution is 5.94. The molecule has 0 fully saturated rings. The lowest BCUT2D eigenvalue weighted by atomic mass is 10.1. The molecule has 8 heteroatoms. The molecule has 2 aromatic rings. The number of H-pyrrole nitrogens is 1. The number of hydrogen-bond acceptors (Lipinski definition) is 5. The van der Waals surface area contributed by atoms with Crippen LogP contribution in [0.25, 0.3) is 0 Å². The largest absolute Gasteiger partial charge is 0.378 e. The first-order valence-electron chi connectivity index (χ1n) is 6.85. The van der Waals surface area contributed by atoms with Crippen LogP contribution < -0.4 is 4.90 Å². The zero-order valence-corrected chi connectivity index (χ0v) is 13.0. The van der Waals surface area contributed by atoms with E-state index in [0.29, 0.717) is 18.1 Å². The van der Waals surface area contributed by atoms with Gasteiger partial charge in [-0.1, -0.05) is 12.1 Å². The fraction of sp³-hybridized carbons (Fsp3) is 0.429. The SMILES string of the molecule is C[C@H](CN(C)C(=O)c1ccc(N(C)C)cc1F)c1nn[nH]n1. The molecule has 0 spiro atoms. The van der Waals surface area contributed by atoms with Crippen LogP contribution in [0.2, 0.25) is 0 Å². The van der Waals surface area contributed by atoms with Crippen molar-refractivity contribution in [3.05, 3.63) is 35.4 Å². The van der Waals surface area contributed by atoms with Gasteiger partial charge < -0.3 is 9.80 Å². The van der Waals surface area contributed by atoms with Crippen LogP contribution in [0.5, 0.6) is 0 Å². The molecule has 0 aliphatic rings. The van der Waals surface area contributed by atoms with E-state index < -0.39 is 5.82 Å². The highest BCUT2D eigenvalue weighted by atomic mass is 19.1. The van der Waals surface area contributed by atoms with Crippen molar-refractivity contribution in [1.29, 1.82) is 0 Å². The van der Waals surface area contributed by atoms with Crippen LogP contribution in [0.3, 0.4) is 0 Å². The predicted octanol–water partition coefficient (Wildman–Crippen LogP) is 1.28. The lowest BCUT2D eigenvalue weighted by molar-refractivity contribution is 0.0782. The molecule has 1 aromatic carbocycles. The summed E-state index contributed by atoms with van der Waals surface area (Å²) in [6.45, 7) is 2.24. The maximum atomic E-state index is 14.1. The summed E-state index contributed by atoms with van der Waals surface area (Å²) < 4.78 is 14.1. The summed E-state index contributed by atoms with van der Waals surface area (Å²) in [7, 11) is 5.25. The molecule has 1 amide bonds. The lowest BCUT2D eigenvalue weighted by Crippen LogP contribution is -2.31. The first-order chi connectivity index (χ1) is 10.4. The third-order valence-electron chi connectivity index (χ3n) is 3.40. The molecule has 1 N–H and O–H groups in total. The second kappa shape index (κ2) is 6.50. The molecule has 1 aromatic heterocycles. The number of tetrazole rings is 1. The van der Waals surface area contributed by atoms with E-state index in [-0.39, 0.29) is 17.4 Å². The summed E-state index contributed by atoms with van der Waals surface area (Å²) in [6.07, 6.45) is 0. The quantitative estimate of drug-likeness (QED) is 0.900. The van der Waals surface area contributed by atoms with Gasteiger partial charge in [0.2, 0.25) is 0 Å². The van der Waals surface area contributed by atoms with Gasteiger partial charge in [0.15, 0.2) is 5.82 Å². The van der Waals surface area contributed by atoms with Crippen LogP contribution in [0.15, 0.2) is 18.2 Å². The Kier molecular flexibility index (Phi) is 4.69. The Balaban J connectivity index is 2.10. The molecule has 22 heavy (non-hydrogen) atoms. The van der Waals surface area contributed by atoms with E-state index in [0.717, 1.165) is 0 Å². The van der Waals surface area contributed by atoms with E-state index in [9.17, 15) is 9.18 Å². The third kappa shape index (κ3) is 3.38. The minimum atomic E-state index is -0.532. The summed E-state index contributed by atoms with van der Waals surface area (Å²) >= 11 is 0. The summed E-state index contributed by atoms with van der Waals surface area (Å²) in [6, 6.07) is 4.57. The van der Waals surface area contributed by atoms with E-state index in [4.69, 9.17) is 0 Å². The molecule has 0 aliphatic heterocycles. The predicted molar refractivity (Wildman–Crippen MR) is 80.3 cm³/mol. The van der Waals surface area contributed by atoms with Crippen molar-refractivity contribution in [1.82, 2.24) is 25.5 Å². The summed E-state index contributed by atoms with van der Waals surface area (Å²) in [5, 5.41) is 13.6. The lowest BCUT2D eigenvalue weighted by Gasteiger charge is -2.21. The molecule has 1 heterocycles. The second-order valence-electron chi connectivity index (χ2n) is 5.42. The summed E-state index contributed by atoms with van der Waals surface area (Å²) in [4.78, 5) is 15.6.